The highest BCUT2D eigenvalue weighted by Gasteiger charge is 2.16. The van der Waals surface area contributed by atoms with Gasteiger partial charge in [-0.25, -0.2) is 9.98 Å². The van der Waals surface area contributed by atoms with Crippen molar-refractivity contribution in [2.75, 3.05) is 5.32 Å². The third-order valence-corrected chi connectivity index (χ3v) is 4.27. The average molecular weight is 377 g/mol. The number of rotatable bonds is 3. The maximum Gasteiger partial charge on any atom is 0.269 e. The average Bonchev–Trinajstić information content (AvgIpc) is 2.88. The summed E-state index contributed by atoms with van der Waals surface area (Å²) in [4.78, 5) is 19.8. The predicted octanol–water partition coefficient (Wildman–Crippen LogP) is 5.20. The summed E-state index contributed by atoms with van der Waals surface area (Å²) in [6, 6.07) is 21.2. The topological polar surface area (TPSA) is 79.9 Å². The van der Waals surface area contributed by atoms with E-state index in [2.05, 4.69) is 15.3 Å². The van der Waals surface area contributed by atoms with Gasteiger partial charge < -0.3 is 5.32 Å². The zero-order valence-corrected chi connectivity index (χ0v) is 14.7. The van der Waals surface area contributed by atoms with Crippen LogP contribution in [0.2, 0.25) is 5.02 Å². The Bertz CT molecular complexity index is 1080. The van der Waals surface area contributed by atoms with Crippen LogP contribution in [0.25, 0.3) is 0 Å². The van der Waals surface area contributed by atoms with Gasteiger partial charge in [0.1, 0.15) is 5.84 Å². The molecule has 0 atom stereocenters. The Labute approximate surface area is 160 Å². The number of hydrogen-bond donors (Lipinski definition) is 1. The molecule has 3 aromatic carbocycles. The molecule has 0 fully saturated rings. The number of nitrogens with one attached hydrogen (secondary N) is 1. The second-order valence-electron chi connectivity index (χ2n) is 5.85. The van der Waals surface area contributed by atoms with Gasteiger partial charge in [0.25, 0.3) is 5.69 Å². The Hall–Kier alpha value is -3.51. The molecule has 1 aliphatic rings. The zero-order chi connectivity index (χ0) is 18.8. The molecular formula is C20H13ClN4O2. The molecule has 0 saturated carbocycles. The van der Waals surface area contributed by atoms with Crippen molar-refractivity contribution in [1.82, 2.24) is 0 Å². The summed E-state index contributed by atoms with van der Waals surface area (Å²) in [5.74, 6) is 1.08. The highest BCUT2D eigenvalue weighted by atomic mass is 35.5. The van der Waals surface area contributed by atoms with Crippen molar-refractivity contribution < 1.29 is 4.92 Å². The molecule has 0 aromatic heterocycles. The van der Waals surface area contributed by atoms with Gasteiger partial charge in [-0.15, -0.1) is 0 Å². The molecule has 0 amide bonds. The first-order valence-corrected chi connectivity index (χ1v) is 8.52. The summed E-state index contributed by atoms with van der Waals surface area (Å²) in [5, 5.41) is 14.7. The lowest BCUT2D eigenvalue weighted by Gasteiger charge is -2.10. The van der Waals surface area contributed by atoms with Crippen molar-refractivity contribution >= 4 is 40.3 Å². The van der Waals surface area contributed by atoms with Crippen molar-refractivity contribution in [2.24, 2.45) is 9.98 Å². The zero-order valence-electron chi connectivity index (χ0n) is 14.0. The summed E-state index contributed by atoms with van der Waals surface area (Å²) in [5.41, 5.74) is 3.01. The molecule has 3 aromatic rings. The van der Waals surface area contributed by atoms with E-state index in [4.69, 9.17) is 11.6 Å². The number of hydrogen-bond acceptors (Lipinski definition) is 5. The normalized spacial score (nSPS) is 12.9. The minimum absolute atomic E-state index is 0.0216. The number of benzene rings is 3. The highest BCUT2D eigenvalue weighted by molar-refractivity contribution is 6.31. The molecule has 6 nitrogen and oxygen atoms in total. The van der Waals surface area contributed by atoms with Crippen LogP contribution >= 0.6 is 11.6 Å². The fraction of sp³-hybridized carbons (Fsp3) is 0. The lowest BCUT2D eigenvalue weighted by atomic mass is 10.1. The van der Waals surface area contributed by atoms with E-state index in [1.165, 1.54) is 12.1 Å². The van der Waals surface area contributed by atoms with E-state index < -0.39 is 4.92 Å². The second-order valence-corrected chi connectivity index (χ2v) is 6.29. The van der Waals surface area contributed by atoms with Crippen LogP contribution in [0.15, 0.2) is 82.8 Å². The number of amidine groups is 2. The third kappa shape index (κ3) is 3.56. The van der Waals surface area contributed by atoms with E-state index >= 15 is 0 Å². The van der Waals surface area contributed by atoms with Crippen LogP contribution in [0, 0.1) is 10.1 Å². The van der Waals surface area contributed by atoms with E-state index in [1.807, 2.05) is 36.4 Å². The van der Waals surface area contributed by atoms with Crippen molar-refractivity contribution in [3.8, 4) is 0 Å². The van der Waals surface area contributed by atoms with Gasteiger partial charge in [0.05, 0.1) is 16.3 Å². The molecule has 1 heterocycles. The number of fused-ring (bicyclic) bond motifs is 1. The molecule has 4 rings (SSSR count). The van der Waals surface area contributed by atoms with Crippen LogP contribution in [0.4, 0.5) is 17.1 Å². The number of aliphatic imine (C=N–C) groups is 2. The molecule has 7 heteroatoms. The smallest absolute Gasteiger partial charge is 0.269 e. The largest absolute Gasteiger partial charge is 0.338 e. The van der Waals surface area contributed by atoms with Gasteiger partial charge in [-0.1, -0.05) is 41.9 Å². The fourth-order valence-corrected chi connectivity index (χ4v) is 2.87. The Kier molecular flexibility index (Phi) is 4.40. The second kappa shape index (κ2) is 7.01. The molecule has 0 bridgehead atoms. The van der Waals surface area contributed by atoms with Gasteiger partial charge in [-0.05, 0) is 30.3 Å². The van der Waals surface area contributed by atoms with Gasteiger partial charge in [0.15, 0.2) is 5.84 Å². The maximum absolute atomic E-state index is 10.9. The number of non-ortho nitro benzene ring substituents is 1. The van der Waals surface area contributed by atoms with E-state index in [0.717, 1.165) is 5.56 Å². The van der Waals surface area contributed by atoms with Gasteiger partial charge in [0, 0.05) is 28.3 Å². The molecule has 0 spiro atoms. The molecular weight excluding hydrogens is 364 g/mol. The number of nitro groups is 1. The molecule has 0 saturated heterocycles. The van der Waals surface area contributed by atoms with Crippen LogP contribution in [-0.2, 0) is 0 Å². The Balaban J connectivity index is 1.84. The van der Waals surface area contributed by atoms with Crippen LogP contribution in [0.1, 0.15) is 11.1 Å². The van der Waals surface area contributed by atoms with Gasteiger partial charge in [-0.2, -0.15) is 0 Å². The van der Waals surface area contributed by atoms with Gasteiger partial charge in [0.2, 0.25) is 0 Å². The van der Waals surface area contributed by atoms with Crippen molar-refractivity contribution in [3.05, 3.63) is 99.1 Å². The molecule has 132 valence electrons. The Morgan fingerprint density at radius 3 is 2.33 bits per heavy atom. The third-order valence-electron chi connectivity index (χ3n) is 4.04. The monoisotopic (exact) mass is 376 g/mol. The minimum Gasteiger partial charge on any atom is -0.338 e. The van der Waals surface area contributed by atoms with Crippen molar-refractivity contribution in [1.29, 1.82) is 0 Å². The lowest BCUT2D eigenvalue weighted by molar-refractivity contribution is -0.384. The Morgan fingerprint density at radius 1 is 0.889 bits per heavy atom. The molecule has 1 aliphatic heterocycles. The first-order valence-electron chi connectivity index (χ1n) is 8.14. The number of anilines is 1. The van der Waals surface area contributed by atoms with Gasteiger partial charge >= 0.3 is 0 Å². The SMILES string of the molecule is O=[N+]([O-])c1ccc(C2=NC(c3ccccc3)=Nc3ccc(Cl)cc3N2)cc1. The summed E-state index contributed by atoms with van der Waals surface area (Å²) in [6.07, 6.45) is 0. The van der Waals surface area contributed by atoms with E-state index in [-0.39, 0.29) is 5.69 Å². The van der Waals surface area contributed by atoms with E-state index in [1.54, 1.807) is 24.3 Å². The van der Waals surface area contributed by atoms with Gasteiger partial charge in [-0.3, -0.25) is 10.1 Å². The van der Waals surface area contributed by atoms with E-state index in [0.29, 0.717) is 33.6 Å². The highest BCUT2D eigenvalue weighted by Crippen LogP contribution is 2.31. The van der Waals surface area contributed by atoms with Crippen LogP contribution in [0.5, 0.6) is 0 Å². The predicted molar refractivity (Wildman–Crippen MR) is 107 cm³/mol. The molecule has 27 heavy (non-hydrogen) atoms. The van der Waals surface area contributed by atoms with Crippen LogP contribution in [-0.4, -0.2) is 16.6 Å². The fourth-order valence-electron chi connectivity index (χ4n) is 2.70. The minimum atomic E-state index is -0.432. The first-order chi connectivity index (χ1) is 13.1. The van der Waals surface area contributed by atoms with Crippen molar-refractivity contribution in [3.63, 3.8) is 0 Å². The molecule has 0 radical (unpaired) electrons. The summed E-state index contributed by atoms with van der Waals surface area (Å²) >= 11 is 6.13. The first kappa shape index (κ1) is 16.9. The number of nitro benzene ring substituents is 1. The summed E-state index contributed by atoms with van der Waals surface area (Å²) in [6.45, 7) is 0. The molecule has 1 N–H and O–H groups in total. The summed E-state index contributed by atoms with van der Waals surface area (Å²) < 4.78 is 0. The molecule has 0 unspecified atom stereocenters. The van der Waals surface area contributed by atoms with Crippen LogP contribution in [0.3, 0.4) is 0 Å². The van der Waals surface area contributed by atoms with E-state index in [9.17, 15) is 10.1 Å². The number of nitrogens with zero attached hydrogens (tertiary/aromatic N) is 3. The molecule has 0 aliphatic carbocycles. The number of halogens is 1. The maximum atomic E-state index is 10.9. The Morgan fingerprint density at radius 2 is 1.63 bits per heavy atom. The quantitative estimate of drug-likeness (QED) is 0.504. The lowest BCUT2D eigenvalue weighted by Crippen LogP contribution is -2.15. The van der Waals surface area contributed by atoms with Crippen LogP contribution < -0.4 is 5.32 Å². The standard InChI is InChI=1S/C20H13ClN4O2/c21-15-8-11-17-18(12-15)23-20(14-6-9-16(10-7-14)25(26)27)24-19(22-17)13-4-2-1-3-5-13/h1-12H,(H,22,23,24). The van der Waals surface area contributed by atoms with Crippen molar-refractivity contribution in [2.45, 2.75) is 0 Å². The summed E-state index contributed by atoms with van der Waals surface area (Å²) in [7, 11) is 0.